The van der Waals surface area contributed by atoms with E-state index in [9.17, 15) is 25.2 Å². The molecule has 0 aliphatic carbocycles. The highest BCUT2D eigenvalue weighted by atomic mass is 16.3. The quantitative estimate of drug-likeness (QED) is 0.0322. The Kier molecular flexibility index (Phi) is 37.1. The number of nitrogens with one attached hydrogen (secondary N) is 1. The Labute approximate surface area is 311 Å². The normalized spacial score (nSPS) is 14.4. The minimum absolute atomic E-state index is 0.194. The third-order valence-electron chi connectivity index (χ3n) is 10.4. The second kappa shape index (κ2) is 37.8. The van der Waals surface area contributed by atoms with E-state index in [0.717, 1.165) is 38.0 Å². The number of aliphatic hydroxyl groups is 4. The van der Waals surface area contributed by atoms with E-state index < -0.39 is 36.9 Å². The van der Waals surface area contributed by atoms with Crippen LogP contribution in [0.1, 0.15) is 226 Å². The van der Waals surface area contributed by atoms with E-state index in [1.165, 1.54) is 161 Å². The van der Waals surface area contributed by atoms with Gasteiger partial charge >= 0.3 is 0 Å². The van der Waals surface area contributed by atoms with Gasteiger partial charge < -0.3 is 25.7 Å². The Morgan fingerprint density at radius 2 is 0.920 bits per heavy atom. The first-order valence-electron chi connectivity index (χ1n) is 21.9. The van der Waals surface area contributed by atoms with Crippen LogP contribution in [-0.4, -0.2) is 57.3 Å². The zero-order chi connectivity index (χ0) is 36.9. The molecule has 298 valence electrons. The van der Waals surface area contributed by atoms with E-state index in [2.05, 4.69) is 26.1 Å². The molecule has 6 heteroatoms. The molecule has 6 nitrogen and oxygen atoms in total. The lowest BCUT2D eigenvalue weighted by Crippen LogP contribution is -2.53. The second-order valence-corrected chi connectivity index (χ2v) is 15.9. The third-order valence-corrected chi connectivity index (χ3v) is 10.4. The van der Waals surface area contributed by atoms with Gasteiger partial charge in [-0.1, -0.05) is 213 Å². The van der Waals surface area contributed by atoms with Crippen molar-refractivity contribution < 1.29 is 25.2 Å². The zero-order valence-corrected chi connectivity index (χ0v) is 33.6. The Morgan fingerprint density at radius 1 is 0.540 bits per heavy atom. The van der Waals surface area contributed by atoms with Crippen LogP contribution in [0.5, 0.6) is 0 Å². The molecular formula is C44H87NO5. The Morgan fingerprint density at radius 3 is 1.32 bits per heavy atom. The largest absolute Gasteiger partial charge is 0.394 e. The number of aliphatic hydroxyl groups excluding tert-OH is 4. The summed E-state index contributed by atoms with van der Waals surface area (Å²) in [5.74, 6) is 0.180. The van der Waals surface area contributed by atoms with Gasteiger partial charge in [0.15, 0.2) is 0 Å². The van der Waals surface area contributed by atoms with Crippen LogP contribution < -0.4 is 5.32 Å². The molecule has 0 heterocycles. The molecule has 0 aromatic carbocycles. The number of carbonyl (C=O) groups is 1. The van der Waals surface area contributed by atoms with Crippen molar-refractivity contribution in [2.24, 2.45) is 5.92 Å². The molecule has 5 N–H and O–H groups in total. The fraction of sp³-hybridized carbons (Fsp3) is 0.932. The van der Waals surface area contributed by atoms with Crippen LogP contribution in [0.2, 0.25) is 0 Å². The smallest absolute Gasteiger partial charge is 0.249 e. The van der Waals surface area contributed by atoms with Crippen molar-refractivity contribution in [2.45, 2.75) is 251 Å². The minimum Gasteiger partial charge on any atom is -0.394 e. The molecular weight excluding hydrogens is 622 g/mol. The molecule has 0 rings (SSSR count). The van der Waals surface area contributed by atoms with Gasteiger partial charge in [-0.3, -0.25) is 4.79 Å². The number of allylic oxidation sites excluding steroid dienone is 1. The summed E-state index contributed by atoms with van der Waals surface area (Å²) in [5, 5.41) is 43.5. The molecule has 4 atom stereocenters. The van der Waals surface area contributed by atoms with Gasteiger partial charge in [-0.2, -0.15) is 0 Å². The zero-order valence-electron chi connectivity index (χ0n) is 33.6. The highest BCUT2D eigenvalue weighted by Gasteiger charge is 2.28. The first-order chi connectivity index (χ1) is 24.3. The van der Waals surface area contributed by atoms with Crippen LogP contribution in [-0.2, 0) is 4.79 Å². The maximum Gasteiger partial charge on any atom is 0.249 e. The lowest BCUT2D eigenvalue weighted by Gasteiger charge is -2.27. The summed E-state index contributed by atoms with van der Waals surface area (Å²) in [7, 11) is 0. The summed E-state index contributed by atoms with van der Waals surface area (Å²) >= 11 is 0. The molecule has 0 aromatic rings. The summed E-state index contributed by atoms with van der Waals surface area (Å²) in [6.07, 6.45) is 39.8. The van der Waals surface area contributed by atoms with E-state index in [1.54, 1.807) is 0 Å². The highest BCUT2D eigenvalue weighted by Crippen LogP contribution is 2.17. The third kappa shape index (κ3) is 32.9. The van der Waals surface area contributed by atoms with E-state index in [0.29, 0.717) is 6.42 Å². The number of hydrogen-bond acceptors (Lipinski definition) is 5. The van der Waals surface area contributed by atoms with Crippen LogP contribution in [0, 0.1) is 5.92 Å². The van der Waals surface area contributed by atoms with Gasteiger partial charge in [-0.25, -0.2) is 0 Å². The minimum atomic E-state index is -1.27. The number of amides is 1. The van der Waals surface area contributed by atoms with Crippen LogP contribution in [0.4, 0.5) is 0 Å². The van der Waals surface area contributed by atoms with E-state index in [1.807, 2.05) is 12.2 Å². The molecule has 1 unspecified atom stereocenters. The Hall–Kier alpha value is -0.950. The predicted octanol–water partition coefficient (Wildman–Crippen LogP) is 11.3. The van der Waals surface area contributed by atoms with Crippen LogP contribution >= 0.6 is 0 Å². The van der Waals surface area contributed by atoms with Gasteiger partial charge in [0.05, 0.1) is 18.8 Å². The van der Waals surface area contributed by atoms with Crippen molar-refractivity contribution in [2.75, 3.05) is 6.61 Å². The lowest BCUT2D eigenvalue weighted by molar-refractivity contribution is -0.132. The highest BCUT2D eigenvalue weighted by molar-refractivity contribution is 5.81. The topological polar surface area (TPSA) is 110 Å². The van der Waals surface area contributed by atoms with E-state index in [4.69, 9.17) is 0 Å². The monoisotopic (exact) mass is 710 g/mol. The number of unbranched alkanes of at least 4 members (excludes halogenated alkanes) is 27. The van der Waals surface area contributed by atoms with Crippen molar-refractivity contribution in [1.82, 2.24) is 5.32 Å². The molecule has 0 radical (unpaired) electrons. The van der Waals surface area contributed by atoms with Crippen molar-refractivity contribution >= 4 is 5.91 Å². The van der Waals surface area contributed by atoms with Crippen LogP contribution in [0.25, 0.3) is 0 Å². The van der Waals surface area contributed by atoms with Gasteiger partial charge in [0.25, 0.3) is 0 Å². The SMILES string of the molecule is CCCCCCCCCCCCCCCCCCCC/C=C/C[C@@H](O)C(=O)N[C@@H](CO)C(O)[C@H](O)CCCCCCCCCCCCC(C)C. The average Bonchev–Trinajstić information content (AvgIpc) is 3.10. The number of rotatable bonds is 39. The molecule has 1 amide bonds. The Balaban J connectivity index is 3.74. The molecule has 0 bridgehead atoms. The first-order valence-corrected chi connectivity index (χ1v) is 21.9. The molecule has 0 aliphatic heterocycles. The van der Waals surface area contributed by atoms with Crippen LogP contribution in [0.3, 0.4) is 0 Å². The first kappa shape index (κ1) is 49.0. The Bertz CT molecular complexity index is 729. The summed E-state index contributed by atoms with van der Waals surface area (Å²) in [4.78, 5) is 12.5. The van der Waals surface area contributed by atoms with Gasteiger partial charge in [-0.05, 0) is 25.2 Å². The van der Waals surface area contributed by atoms with Crippen LogP contribution in [0.15, 0.2) is 12.2 Å². The molecule has 0 spiro atoms. The van der Waals surface area contributed by atoms with Gasteiger partial charge in [-0.15, -0.1) is 0 Å². The predicted molar refractivity (Wildman–Crippen MR) is 214 cm³/mol. The molecule has 0 saturated heterocycles. The van der Waals surface area contributed by atoms with Crippen molar-refractivity contribution in [1.29, 1.82) is 0 Å². The number of hydrogen-bond donors (Lipinski definition) is 5. The molecule has 0 aliphatic rings. The summed E-state index contributed by atoms with van der Waals surface area (Å²) in [6, 6.07) is -1.00. The maximum absolute atomic E-state index is 12.5. The van der Waals surface area contributed by atoms with Gasteiger partial charge in [0.2, 0.25) is 5.91 Å². The second-order valence-electron chi connectivity index (χ2n) is 15.9. The lowest BCUT2D eigenvalue weighted by atomic mass is 9.99. The molecule has 0 fully saturated rings. The molecule has 0 aromatic heterocycles. The molecule has 50 heavy (non-hydrogen) atoms. The van der Waals surface area contributed by atoms with Gasteiger partial charge in [0.1, 0.15) is 12.2 Å². The van der Waals surface area contributed by atoms with Crippen molar-refractivity contribution in [3.63, 3.8) is 0 Å². The molecule has 0 saturated carbocycles. The van der Waals surface area contributed by atoms with Gasteiger partial charge in [0, 0.05) is 6.42 Å². The van der Waals surface area contributed by atoms with E-state index in [-0.39, 0.29) is 6.42 Å². The summed E-state index contributed by atoms with van der Waals surface area (Å²) < 4.78 is 0. The maximum atomic E-state index is 12.5. The average molecular weight is 710 g/mol. The number of carbonyl (C=O) groups excluding carboxylic acids is 1. The standard InChI is InChI=1S/C44H87NO5/c1-4-5-6-7-8-9-10-11-12-13-14-15-16-17-18-19-20-25-28-31-34-37-42(48)44(50)45-40(38-46)43(49)41(47)36-33-30-27-24-22-21-23-26-29-32-35-39(2)3/h31,34,39-43,46-49H,4-30,32-33,35-38H2,1-3H3,(H,45,50)/b34-31+/t40-,41+,42+,43?/m0/s1. The fourth-order valence-electron chi connectivity index (χ4n) is 6.89. The van der Waals surface area contributed by atoms with E-state index >= 15 is 0 Å². The van der Waals surface area contributed by atoms with Crippen molar-refractivity contribution in [3.8, 4) is 0 Å². The van der Waals surface area contributed by atoms with Crippen molar-refractivity contribution in [3.05, 3.63) is 12.2 Å². The fourth-order valence-corrected chi connectivity index (χ4v) is 6.89. The summed E-state index contributed by atoms with van der Waals surface area (Å²) in [5.41, 5.74) is 0. The summed E-state index contributed by atoms with van der Waals surface area (Å²) in [6.45, 7) is 6.36.